The van der Waals surface area contributed by atoms with Gasteiger partial charge >= 0.3 is 5.97 Å². The molecular formula is C22H21NO4. The molecule has 4 rings (SSSR count). The minimum atomic E-state index is -0.911. The van der Waals surface area contributed by atoms with Crippen molar-refractivity contribution in [2.45, 2.75) is 38.0 Å². The van der Waals surface area contributed by atoms with Gasteiger partial charge in [-0.3, -0.25) is 4.79 Å². The molecule has 2 heterocycles. The van der Waals surface area contributed by atoms with Crippen molar-refractivity contribution in [1.82, 2.24) is 4.90 Å². The highest BCUT2D eigenvalue weighted by atomic mass is 16.5. The smallest absolute Gasteiger partial charge is 0.330 e. The molecule has 3 atom stereocenters. The number of aldehydes is 1. The Morgan fingerprint density at radius 3 is 2.15 bits per heavy atom. The maximum absolute atomic E-state index is 13.1. The number of β-lactam (4-membered cyclic amide) rings is 1. The van der Waals surface area contributed by atoms with Crippen LogP contribution in [0.15, 0.2) is 60.7 Å². The molecule has 2 aliphatic heterocycles. The Bertz CT molecular complexity index is 827. The van der Waals surface area contributed by atoms with E-state index in [1.54, 1.807) is 6.92 Å². The maximum Gasteiger partial charge on any atom is 0.330 e. The second-order valence-electron chi connectivity index (χ2n) is 7.53. The Morgan fingerprint density at radius 2 is 1.67 bits per heavy atom. The molecule has 3 unspecified atom stereocenters. The highest BCUT2D eigenvalue weighted by Crippen LogP contribution is 2.46. The molecule has 0 saturated carbocycles. The number of hydrogen-bond donors (Lipinski definition) is 0. The number of hydrogen-bond acceptors (Lipinski definition) is 4. The summed E-state index contributed by atoms with van der Waals surface area (Å²) >= 11 is 0. The Morgan fingerprint density at radius 1 is 1.11 bits per heavy atom. The summed E-state index contributed by atoms with van der Waals surface area (Å²) in [7, 11) is 0. The SMILES string of the molecule is CC1(C=O)CC2CC(=O)N2C1C(=O)OC(c1ccccc1)c1ccccc1. The first kappa shape index (κ1) is 17.5. The number of carbonyl (C=O) groups excluding carboxylic acids is 3. The lowest BCUT2D eigenvalue weighted by atomic mass is 9.83. The molecule has 1 amide bonds. The number of fused-ring (bicyclic) bond motifs is 1. The normalized spacial score (nSPS) is 26.4. The number of esters is 1. The Kier molecular flexibility index (Phi) is 4.30. The molecule has 0 aromatic heterocycles. The molecule has 2 fully saturated rings. The van der Waals surface area contributed by atoms with E-state index >= 15 is 0 Å². The van der Waals surface area contributed by atoms with Crippen molar-refractivity contribution >= 4 is 18.2 Å². The zero-order chi connectivity index (χ0) is 19.0. The monoisotopic (exact) mass is 363 g/mol. The van der Waals surface area contributed by atoms with Crippen LogP contribution >= 0.6 is 0 Å². The van der Waals surface area contributed by atoms with Crippen LogP contribution in [0.4, 0.5) is 0 Å². The van der Waals surface area contributed by atoms with E-state index in [0.29, 0.717) is 12.8 Å². The summed E-state index contributed by atoms with van der Waals surface area (Å²) in [6.07, 6.45) is 1.10. The largest absolute Gasteiger partial charge is 0.451 e. The second kappa shape index (κ2) is 6.65. The number of benzene rings is 2. The molecule has 0 radical (unpaired) electrons. The first-order valence-corrected chi connectivity index (χ1v) is 9.11. The fourth-order valence-electron chi connectivity index (χ4n) is 4.22. The standard InChI is InChI=1S/C22H21NO4/c1-22(14-24)13-17-12-18(25)23(17)20(22)21(26)27-19(15-8-4-2-5-9-15)16-10-6-3-7-11-16/h2-11,14,17,19-20H,12-13H2,1H3. The van der Waals surface area contributed by atoms with E-state index in [9.17, 15) is 14.4 Å². The number of rotatable bonds is 5. The van der Waals surface area contributed by atoms with Gasteiger partial charge in [0.15, 0.2) is 6.10 Å². The van der Waals surface area contributed by atoms with Gasteiger partial charge in [0.2, 0.25) is 5.91 Å². The average molecular weight is 363 g/mol. The van der Waals surface area contributed by atoms with E-state index in [0.717, 1.165) is 17.4 Å². The van der Waals surface area contributed by atoms with Crippen LogP contribution in [0.3, 0.4) is 0 Å². The molecule has 2 saturated heterocycles. The fourth-order valence-corrected chi connectivity index (χ4v) is 4.22. The van der Waals surface area contributed by atoms with Crippen LogP contribution in [0.5, 0.6) is 0 Å². The molecule has 0 N–H and O–H groups in total. The third kappa shape index (κ3) is 2.93. The van der Waals surface area contributed by atoms with E-state index in [-0.39, 0.29) is 11.9 Å². The van der Waals surface area contributed by atoms with Gasteiger partial charge in [0.1, 0.15) is 12.3 Å². The fraction of sp³-hybridized carbons (Fsp3) is 0.318. The van der Waals surface area contributed by atoms with Crippen LogP contribution in [0.1, 0.15) is 37.0 Å². The molecule has 2 aliphatic rings. The number of amides is 1. The number of carbonyl (C=O) groups is 3. The van der Waals surface area contributed by atoms with Gasteiger partial charge in [-0.1, -0.05) is 67.6 Å². The van der Waals surface area contributed by atoms with Gasteiger partial charge in [-0.05, 0) is 17.5 Å². The minimum absolute atomic E-state index is 0.0443. The lowest BCUT2D eigenvalue weighted by molar-refractivity contribution is -0.166. The van der Waals surface area contributed by atoms with Crippen LogP contribution < -0.4 is 0 Å². The van der Waals surface area contributed by atoms with E-state index in [1.807, 2.05) is 60.7 Å². The van der Waals surface area contributed by atoms with Crippen LogP contribution in [0.2, 0.25) is 0 Å². The molecular weight excluding hydrogens is 342 g/mol. The minimum Gasteiger partial charge on any atom is -0.451 e. The zero-order valence-electron chi connectivity index (χ0n) is 15.1. The summed E-state index contributed by atoms with van der Waals surface area (Å²) in [4.78, 5) is 38.5. The van der Waals surface area contributed by atoms with Crippen LogP contribution in [-0.4, -0.2) is 35.1 Å². The summed E-state index contributed by atoms with van der Waals surface area (Å²) in [6.45, 7) is 1.73. The van der Waals surface area contributed by atoms with E-state index in [1.165, 1.54) is 4.90 Å². The Labute approximate surface area is 157 Å². The van der Waals surface area contributed by atoms with Gasteiger partial charge in [-0.15, -0.1) is 0 Å². The Hall–Kier alpha value is -2.95. The van der Waals surface area contributed by atoms with Crippen molar-refractivity contribution in [1.29, 1.82) is 0 Å². The first-order valence-electron chi connectivity index (χ1n) is 9.11. The van der Waals surface area contributed by atoms with Gasteiger partial charge in [-0.25, -0.2) is 4.79 Å². The van der Waals surface area contributed by atoms with Gasteiger partial charge in [0, 0.05) is 12.5 Å². The van der Waals surface area contributed by atoms with Crippen molar-refractivity contribution in [3.63, 3.8) is 0 Å². The summed E-state index contributed by atoms with van der Waals surface area (Å²) in [5.41, 5.74) is 0.773. The molecule has 0 spiro atoms. The lowest BCUT2D eigenvalue weighted by Crippen LogP contribution is -2.56. The molecule has 0 bridgehead atoms. The molecule has 2 aromatic rings. The average Bonchev–Trinajstić information content (AvgIpc) is 2.95. The highest BCUT2D eigenvalue weighted by molar-refractivity contribution is 5.94. The third-order valence-corrected chi connectivity index (χ3v) is 5.60. The molecule has 2 aromatic carbocycles. The predicted molar refractivity (Wildman–Crippen MR) is 98.6 cm³/mol. The maximum atomic E-state index is 13.1. The van der Waals surface area contributed by atoms with Gasteiger partial charge in [-0.2, -0.15) is 0 Å². The predicted octanol–water partition coefficient (Wildman–Crippen LogP) is 2.90. The van der Waals surface area contributed by atoms with Crippen molar-refractivity contribution < 1.29 is 19.1 Å². The molecule has 0 aliphatic carbocycles. The van der Waals surface area contributed by atoms with Crippen molar-refractivity contribution in [3.8, 4) is 0 Å². The van der Waals surface area contributed by atoms with Crippen LogP contribution in [-0.2, 0) is 19.1 Å². The first-order chi connectivity index (χ1) is 13.0. The van der Waals surface area contributed by atoms with Gasteiger partial charge in [0.25, 0.3) is 0 Å². The topological polar surface area (TPSA) is 63.7 Å². The van der Waals surface area contributed by atoms with Crippen LogP contribution in [0, 0.1) is 5.41 Å². The van der Waals surface area contributed by atoms with Crippen molar-refractivity contribution in [2.24, 2.45) is 5.41 Å². The molecule has 5 nitrogen and oxygen atoms in total. The molecule has 5 heteroatoms. The number of ether oxygens (including phenoxy) is 1. The lowest BCUT2D eigenvalue weighted by Gasteiger charge is -2.39. The summed E-state index contributed by atoms with van der Waals surface area (Å²) < 4.78 is 5.91. The van der Waals surface area contributed by atoms with E-state index in [4.69, 9.17) is 4.74 Å². The van der Waals surface area contributed by atoms with Crippen molar-refractivity contribution in [2.75, 3.05) is 0 Å². The van der Waals surface area contributed by atoms with Crippen LogP contribution in [0.25, 0.3) is 0 Å². The van der Waals surface area contributed by atoms with Gasteiger partial charge < -0.3 is 14.4 Å². The molecule has 27 heavy (non-hydrogen) atoms. The van der Waals surface area contributed by atoms with Gasteiger partial charge in [0.05, 0.1) is 5.41 Å². The summed E-state index contributed by atoms with van der Waals surface area (Å²) in [5.74, 6) is -0.624. The summed E-state index contributed by atoms with van der Waals surface area (Å²) in [5, 5.41) is 0. The summed E-state index contributed by atoms with van der Waals surface area (Å²) in [6, 6.07) is 18.0. The van der Waals surface area contributed by atoms with E-state index < -0.39 is 23.5 Å². The molecule has 138 valence electrons. The van der Waals surface area contributed by atoms with E-state index in [2.05, 4.69) is 0 Å². The highest BCUT2D eigenvalue weighted by Gasteiger charge is 2.60. The number of nitrogens with zero attached hydrogens (tertiary/aromatic N) is 1. The second-order valence-corrected chi connectivity index (χ2v) is 7.53. The Balaban J connectivity index is 1.66. The van der Waals surface area contributed by atoms with Crippen molar-refractivity contribution in [3.05, 3.63) is 71.8 Å². The third-order valence-electron chi connectivity index (χ3n) is 5.60. The quantitative estimate of drug-likeness (QED) is 0.465. The zero-order valence-corrected chi connectivity index (χ0v) is 15.1.